The molecule has 1 amide bonds. The maximum absolute atomic E-state index is 12.2. The van der Waals surface area contributed by atoms with Crippen LogP contribution in [0.2, 0.25) is 0 Å². The second kappa shape index (κ2) is 8.84. The minimum absolute atomic E-state index is 0.407. The zero-order chi connectivity index (χ0) is 20.2. The van der Waals surface area contributed by atoms with E-state index in [1.54, 1.807) is 3.97 Å². The van der Waals surface area contributed by atoms with Crippen LogP contribution in [0.15, 0.2) is 18.5 Å². The summed E-state index contributed by atoms with van der Waals surface area (Å²) in [6.07, 6.45) is 3.32. The lowest BCUT2D eigenvalue weighted by Crippen LogP contribution is -2.38. The zero-order valence-corrected chi connectivity index (χ0v) is 17.9. The summed E-state index contributed by atoms with van der Waals surface area (Å²) >= 11 is 4.38. The highest BCUT2D eigenvalue weighted by Crippen LogP contribution is 2.25. The number of carbonyl (C=O) groups is 1. The number of nitrogens with zero attached hydrogens (tertiary/aromatic N) is 4. The standard InChI is InChI=1S/C17H24N4O3S.C2H6/c1-12-11-21(25)15-14(12)9-13(10-18-15)19-5-6-20(23-8-7-19)16(22)24-17(2,3)4;1-2/h9-11,25H,5-8H2,1-4H3;1-2H3. The summed E-state index contributed by atoms with van der Waals surface area (Å²) in [7, 11) is 0. The van der Waals surface area contributed by atoms with E-state index in [9.17, 15) is 4.79 Å². The monoisotopic (exact) mass is 394 g/mol. The van der Waals surface area contributed by atoms with Crippen molar-refractivity contribution in [2.24, 2.45) is 0 Å². The molecule has 0 saturated carbocycles. The third-order valence-corrected chi connectivity index (χ3v) is 4.26. The average molecular weight is 395 g/mol. The van der Waals surface area contributed by atoms with Crippen molar-refractivity contribution in [2.45, 2.75) is 47.1 Å². The van der Waals surface area contributed by atoms with Gasteiger partial charge in [-0.1, -0.05) is 26.7 Å². The Balaban J connectivity index is 0.00000126. The predicted molar refractivity (Wildman–Crippen MR) is 111 cm³/mol. The van der Waals surface area contributed by atoms with Crippen molar-refractivity contribution in [2.75, 3.05) is 31.1 Å². The molecule has 0 N–H and O–H groups in total. The Morgan fingerprint density at radius 3 is 2.63 bits per heavy atom. The van der Waals surface area contributed by atoms with Crippen molar-refractivity contribution in [3.63, 3.8) is 0 Å². The molecule has 0 radical (unpaired) electrons. The number of aromatic nitrogens is 2. The second-order valence-corrected chi connectivity index (χ2v) is 7.56. The maximum atomic E-state index is 12.2. The number of pyridine rings is 1. The Morgan fingerprint density at radius 1 is 1.26 bits per heavy atom. The molecule has 0 bridgehead atoms. The summed E-state index contributed by atoms with van der Waals surface area (Å²) in [6, 6.07) is 2.10. The first-order valence-corrected chi connectivity index (χ1v) is 9.70. The number of hydroxylamine groups is 2. The number of fused-ring (bicyclic) bond motifs is 1. The number of hydrogen-bond acceptors (Lipinski definition) is 6. The van der Waals surface area contributed by atoms with Crippen LogP contribution in [0.1, 0.15) is 40.2 Å². The first-order chi connectivity index (χ1) is 12.7. The summed E-state index contributed by atoms with van der Waals surface area (Å²) < 4.78 is 7.10. The molecule has 3 heterocycles. The van der Waals surface area contributed by atoms with Crippen LogP contribution in [0.4, 0.5) is 10.5 Å². The van der Waals surface area contributed by atoms with Gasteiger partial charge in [-0.2, -0.15) is 5.06 Å². The van der Waals surface area contributed by atoms with Gasteiger partial charge in [0.1, 0.15) is 11.2 Å². The minimum atomic E-state index is -0.543. The van der Waals surface area contributed by atoms with E-state index in [0.29, 0.717) is 26.2 Å². The number of aryl methyl sites for hydroxylation is 1. The SMILES string of the molecule is CC.Cc1cn(S)c2ncc(N3CCON(C(=O)OC(C)(C)C)CC3)cc12. The van der Waals surface area contributed by atoms with Crippen LogP contribution in [0.3, 0.4) is 0 Å². The molecule has 27 heavy (non-hydrogen) atoms. The molecule has 150 valence electrons. The van der Waals surface area contributed by atoms with Gasteiger partial charge < -0.3 is 9.64 Å². The summed E-state index contributed by atoms with van der Waals surface area (Å²) in [4.78, 5) is 24.4. The molecule has 1 saturated heterocycles. The van der Waals surface area contributed by atoms with Crippen LogP contribution < -0.4 is 4.90 Å². The molecule has 7 nitrogen and oxygen atoms in total. The lowest BCUT2D eigenvalue weighted by atomic mass is 10.2. The van der Waals surface area contributed by atoms with E-state index in [2.05, 4.69) is 28.8 Å². The lowest BCUT2D eigenvalue weighted by molar-refractivity contribution is -0.137. The number of hydrogen-bond donors (Lipinski definition) is 1. The smallest absolute Gasteiger partial charge is 0.434 e. The molecule has 0 aromatic carbocycles. The van der Waals surface area contributed by atoms with Gasteiger partial charge in [0, 0.05) is 24.7 Å². The predicted octanol–water partition coefficient (Wildman–Crippen LogP) is 4.05. The van der Waals surface area contributed by atoms with Crippen LogP contribution in [-0.2, 0) is 9.57 Å². The molecular weight excluding hydrogens is 364 g/mol. The highest BCUT2D eigenvalue weighted by molar-refractivity contribution is 7.78. The molecule has 2 aromatic heterocycles. The number of amides is 1. The Labute approximate surface area is 166 Å². The lowest BCUT2D eigenvalue weighted by Gasteiger charge is -2.25. The average Bonchev–Trinajstić information content (AvgIpc) is 2.80. The molecule has 0 aliphatic carbocycles. The molecule has 8 heteroatoms. The fraction of sp³-hybridized carbons (Fsp3) is 0.579. The third kappa shape index (κ3) is 5.29. The van der Waals surface area contributed by atoms with Crippen LogP contribution in [0.25, 0.3) is 11.0 Å². The van der Waals surface area contributed by atoms with Crippen LogP contribution in [-0.4, -0.2) is 52.0 Å². The molecule has 3 rings (SSSR count). The topological polar surface area (TPSA) is 59.8 Å². The molecule has 1 fully saturated rings. The Morgan fingerprint density at radius 2 is 1.96 bits per heavy atom. The Hall–Kier alpha value is -1.93. The highest BCUT2D eigenvalue weighted by atomic mass is 32.1. The molecule has 0 atom stereocenters. The van der Waals surface area contributed by atoms with E-state index in [0.717, 1.165) is 22.3 Å². The van der Waals surface area contributed by atoms with Crippen molar-refractivity contribution < 1.29 is 14.4 Å². The van der Waals surface area contributed by atoms with Crippen LogP contribution in [0.5, 0.6) is 0 Å². The van der Waals surface area contributed by atoms with E-state index < -0.39 is 11.7 Å². The molecule has 2 aromatic rings. The molecule has 0 spiro atoms. The van der Waals surface area contributed by atoms with Gasteiger partial charge in [-0.25, -0.2) is 9.78 Å². The van der Waals surface area contributed by atoms with E-state index in [1.165, 1.54) is 5.06 Å². The van der Waals surface area contributed by atoms with E-state index in [4.69, 9.17) is 9.57 Å². The fourth-order valence-electron chi connectivity index (χ4n) is 2.77. The van der Waals surface area contributed by atoms with Gasteiger partial charge in [0.2, 0.25) is 0 Å². The Bertz CT molecular complexity index is 785. The van der Waals surface area contributed by atoms with Gasteiger partial charge in [-0.3, -0.25) is 8.81 Å². The van der Waals surface area contributed by atoms with Crippen LogP contribution in [0, 0.1) is 6.92 Å². The molecule has 0 unspecified atom stereocenters. The van der Waals surface area contributed by atoms with Gasteiger partial charge >= 0.3 is 6.09 Å². The number of thiol groups is 1. The van der Waals surface area contributed by atoms with Gasteiger partial charge in [-0.15, -0.1) is 0 Å². The largest absolute Gasteiger partial charge is 0.442 e. The third-order valence-electron chi connectivity index (χ3n) is 3.95. The van der Waals surface area contributed by atoms with Gasteiger partial charge in [0.05, 0.1) is 25.0 Å². The first kappa shape index (κ1) is 21.4. The van der Waals surface area contributed by atoms with Crippen LogP contribution >= 0.6 is 12.8 Å². The van der Waals surface area contributed by atoms with Crippen molar-refractivity contribution in [1.29, 1.82) is 0 Å². The van der Waals surface area contributed by atoms with E-state index >= 15 is 0 Å². The van der Waals surface area contributed by atoms with Gasteiger partial charge in [0.25, 0.3) is 0 Å². The zero-order valence-electron chi connectivity index (χ0n) is 17.0. The van der Waals surface area contributed by atoms with Gasteiger partial charge in [-0.05, 0) is 39.3 Å². The van der Waals surface area contributed by atoms with E-state index in [-0.39, 0.29) is 0 Å². The second-order valence-electron chi connectivity index (χ2n) is 7.12. The van der Waals surface area contributed by atoms with E-state index in [1.807, 2.05) is 53.9 Å². The molecule has 1 aliphatic heterocycles. The summed E-state index contributed by atoms with van der Waals surface area (Å²) in [5.41, 5.74) is 2.43. The minimum Gasteiger partial charge on any atom is -0.442 e. The number of ether oxygens (including phenoxy) is 1. The van der Waals surface area contributed by atoms with Crippen molar-refractivity contribution in [3.05, 3.63) is 24.0 Å². The Kier molecular flexibility index (Phi) is 7.00. The van der Waals surface area contributed by atoms with Crippen molar-refractivity contribution in [1.82, 2.24) is 14.0 Å². The maximum Gasteiger partial charge on any atom is 0.434 e. The summed E-state index contributed by atoms with van der Waals surface area (Å²) in [5.74, 6) is 0. The quantitative estimate of drug-likeness (QED) is 0.740. The van der Waals surface area contributed by atoms with Crippen molar-refractivity contribution in [3.8, 4) is 0 Å². The molecule has 1 aliphatic rings. The number of anilines is 1. The highest BCUT2D eigenvalue weighted by Gasteiger charge is 2.26. The van der Waals surface area contributed by atoms with Gasteiger partial charge in [0.15, 0.2) is 0 Å². The molecular formula is C19H30N4O3S. The number of carbonyl (C=O) groups excluding carboxylic acids is 1. The first-order valence-electron chi connectivity index (χ1n) is 9.30. The summed E-state index contributed by atoms with van der Waals surface area (Å²) in [5, 5.41) is 2.37. The summed E-state index contributed by atoms with van der Waals surface area (Å²) in [6.45, 7) is 13.7. The number of rotatable bonds is 1. The fourth-order valence-corrected chi connectivity index (χ4v) is 3.10. The normalized spacial score (nSPS) is 15.2. The van der Waals surface area contributed by atoms with Crippen molar-refractivity contribution >= 4 is 35.6 Å².